The Hall–Kier alpha value is -4.14. The number of benzene rings is 2. The van der Waals surface area contributed by atoms with Crippen LogP contribution in [-0.2, 0) is 4.79 Å². The van der Waals surface area contributed by atoms with Crippen molar-refractivity contribution in [1.29, 1.82) is 0 Å². The smallest absolute Gasteiger partial charge is 0.284 e. The zero-order chi connectivity index (χ0) is 20.2. The van der Waals surface area contributed by atoms with Crippen LogP contribution < -0.4 is 14.9 Å². The minimum Gasteiger partial charge on any atom is -0.485 e. The minimum atomic E-state index is -0.820. The van der Waals surface area contributed by atoms with Gasteiger partial charge in [-0.25, -0.2) is 5.43 Å². The van der Waals surface area contributed by atoms with E-state index in [0.717, 1.165) is 0 Å². The van der Waals surface area contributed by atoms with E-state index in [0.29, 0.717) is 28.6 Å². The molecule has 9 heteroatoms. The maximum atomic E-state index is 12.2. The van der Waals surface area contributed by atoms with E-state index in [2.05, 4.69) is 10.5 Å². The summed E-state index contributed by atoms with van der Waals surface area (Å²) in [7, 11) is 0. The number of nitrogens with zero attached hydrogens (tertiary/aromatic N) is 2. The maximum absolute atomic E-state index is 12.2. The van der Waals surface area contributed by atoms with E-state index in [1.54, 1.807) is 42.5 Å². The molecule has 3 aromatic rings. The molecule has 146 valence electrons. The number of amides is 1. The fourth-order valence-electron chi connectivity index (χ4n) is 2.73. The van der Waals surface area contributed by atoms with Gasteiger partial charge in [0, 0.05) is 17.7 Å². The number of nitro groups is 1. The average molecular weight is 393 g/mol. The Morgan fingerprint density at radius 3 is 2.79 bits per heavy atom. The highest BCUT2D eigenvalue weighted by molar-refractivity contribution is 5.84. The number of nitrogens with one attached hydrogen (secondary N) is 1. The molecule has 0 aliphatic carbocycles. The number of hydrogen-bond donors (Lipinski definition) is 1. The average Bonchev–Trinajstić information content (AvgIpc) is 3.22. The fraction of sp³-hybridized carbons (Fsp3) is 0.100. The number of furan rings is 1. The lowest BCUT2D eigenvalue weighted by Crippen LogP contribution is -2.42. The highest BCUT2D eigenvalue weighted by Gasteiger charge is 2.27. The molecule has 1 aromatic heterocycles. The molecule has 1 amide bonds. The minimum absolute atomic E-state index is 0.0299. The van der Waals surface area contributed by atoms with Gasteiger partial charge in [-0.3, -0.25) is 14.9 Å². The molecule has 4 rings (SSSR count). The van der Waals surface area contributed by atoms with E-state index < -0.39 is 16.9 Å². The summed E-state index contributed by atoms with van der Waals surface area (Å²) in [6, 6.07) is 16.5. The van der Waals surface area contributed by atoms with Crippen molar-refractivity contribution in [2.45, 2.75) is 6.10 Å². The number of fused-ring (bicyclic) bond motifs is 1. The molecular formula is C20H15N3O6. The zero-order valence-corrected chi connectivity index (χ0v) is 15.0. The van der Waals surface area contributed by atoms with Gasteiger partial charge in [-0.05, 0) is 24.3 Å². The van der Waals surface area contributed by atoms with E-state index in [4.69, 9.17) is 13.9 Å². The van der Waals surface area contributed by atoms with Crippen molar-refractivity contribution in [2.75, 3.05) is 6.61 Å². The summed E-state index contributed by atoms with van der Waals surface area (Å²) < 4.78 is 16.7. The van der Waals surface area contributed by atoms with Gasteiger partial charge < -0.3 is 13.9 Å². The molecule has 2 aromatic carbocycles. The van der Waals surface area contributed by atoms with Crippen LogP contribution in [0.1, 0.15) is 5.76 Å². The lowest BCUT2D eigenvalue weighted by atomic mass is 10.1. The molecule has 0 unspecified atom stereocenters. The molecule has 1 aliphatic heterocycles. The van der Waals surface area contributed by atoms with Crippen LogP contribution in [0, 0.1) is 10.1 Å². The molecule has 2 heterocycles. The van der Waals surface area contributed by atoms with Gasteiger partial charge in [-0.2, -0.15) is 5.10 Å². The van der Waals surface area contributed by atoms with Gasteiger partial charge in [0.05, 0.1) is 11.1 Å². The van der Waals surface area contributed by atoms with Crippen molar-refractivity contribution in [1.82, 2.24) is 5.43 Å². The Labute approximate surface area is 164 Å². The third-order valence-corrected chi connectivity index (χ3v) is 4.14. The summed E-state index contributed by atoms with van der Waals surface area (Å²) in [5.74, 6) is 1.45. The molecular weight excluding hydrogens is 378 g/mol. The van der Waals surface area contributed by atoms with E-state index in [1.807, 2.05) is 6.07 Å². The van der Waals surface area contributed by atoms with Gasteiger partial charge in [-0.1, -0.05) is 24.3 Å². The van der Waals surface area contributed by atoms with Gasteiger partial charge in [0.25, 0.3) is 11.6 Å². The molecule has 0 bridgehead atoms. The van der Waals surface area contributed by atoms with E-state index in [1.165, 1.54) is 18.3 Å². The maximum Gasteiger partial charge on any atom is 0.284 e. The Bertz CT molecular complexity index is 1090. The normalized spacial score (nSPS) is 15.2. The summed E-state index contributed by atoms with van der Waals surface area (Å²) in [6.07, 6.45) is 0.509. The van der Waals surface area contributed by atoms with Crippen LogP contribution >= 0.6 is 0 Å². The second-order valence-electron chi connectivity index (χ2n) is 6.11. The number of non-ortho nitro benzene ring substituents is 1. The quantitative estimate of drug-likeness (QED) is 0.404. The van der Waals surface area contributed by atoms with Crippen LogP contribution in [0.25, 0.3) is 11.3 Å². The van der Waals surface area contributed by atoms with Crippen molar-refractivity contribution in [2.24, 2.45) is 5.10 Å². The lowest BCUT2D eigenvalue weighted by molar-refractivity contribution is -0.384. The Kier molecular flexibility index (Phi) is 4.93. The van der Waals surface area contributed by atoms with Gasteiger partial charge in [-0.15, -0.1) is 0 Å². The van der Waals surface area contributed by atoms with Crippen molar-refractivity contribution < 1.29 is 23.6 Å². The first-order chi connectivity index (χ1) is 14.1. The number of rotatable bonds is 5. The van der Waals surface area contributed by atoms with Crippen molar-refractivity contribution in [3.8, 4) is 22.8 Å². The van der Waals surface area contributed by atoms with Gasteiger partial charge >= 0.3 is 0 Å². The Morgan fingerprint density at radius 1 is 1.14 bits per heavy atom. The molecule has 1 N–H and O–H groups in total. The molecule has 0 radical (unpaired) electrons. The Morgan fingerprint density at radius 2 is 1.97 bits per heavy atom. The van der Waals surface area contributed by atoms with Crippen LogP contribution in [0.3, 0.4) is 0 Å². The molecule has 1 atom stereocenters. The molecule has 0 saturated heterocycles. The van der Waals surface area contributed by atoms with E-state index in [9.17, 15) is 14.9 Å². The number of carbonyl (C=O) groups excluding carboxylic acids is 1. The number of hydrogen-bond acceptors (Lipinski definition) is 7. The molecule has 9 nitrogen and oxygen atoms in total. The monoisotopic (exact) mass is 393 g/mol. The largest absolute Gasteiger partial charge is 0.485 e. The number of carbonyl (C=O) groups is 1. The molecule has 0 spiro atoms. The highest BCUT2D eigenvalue weighted by atomic mass is 16.6. The predicted molar refractivity (Wildman–Crippen MR) is 103 cm³/mol. The summed E-state index contributed by atoms with van der Waals surface area (Å²) in [5.41, 5.74) is 2.92. The summed E-state index contributed by atoms with van der Waals surface area (Å²) in [6.45, 7) is 0.0794. The molecule has 0 fully saturated rings. The van der Waals surface area contributed by atoms with Crippen LogP contribution in [0.2, 0.25) is 0 Å². The number of nitro benzene ring substituents is 1. The van der Waals surface area contributed by atoms with Gasteiger partial charge in [0.15, 0.2) is 11.5 Å². The van der Waals surface area contributed by atoms with Crippen molar-refractivity contribution in [3.05, 3.63) is 76.5 Å². The second kappa shape index (κ2) is 7.85. The standard InChI is InChI=1S/C20H15N3O6/c24-20(19-12-27-17-6-1-2-7-18(17)29-19)22-21-11-15-8-9-16(28-15)13-4-3-5-14(10-13)23(25)26/h1-11,19H,12H2,(H,22,24)/b21-11+/t19-/m1/s1. The van der Waals surface area contributed by atoms with Crippen LogP contribution in [-0.4, -0.2) is 29.8 Å². The third-order valence-electron chi connectivity index (χ3n) is 4.14. The Balaban J connectivity index is 1.37. The van der Waals surface area contributed by atoms with Crippen molar-refractivity contribution >= 4 is 17.8 Å². The zero-order valence-electron chi connectivity index (χ0n) is 15.0. The molecule has 0 saturated carbocycles. The second-order valence-corrected chi connectivity index (χ2v) is 6.11. The fourth-order valence-corrected chi connectivity index (χ4v) is 2.73. The van der Waals surface area contributed by atoms with Gasteiger partial charge in [0.2, 0.25) is 6.10 Å². The van der Waals surface area contributed by atoms with Crippen LogP contribution in [0.15, 0.2) is 70.2 Å². The summed E-state index contributed by atoms with van der Waals surface area (Å²) in [4.78, 5) is 22.6. The van der Waals surface area contributed by atoms with Crippen LogP contribution in [0.5, 0.6) is 11.5 Å². The van der Waals surface area contributed by atoms with Gasteiger partial charge in [0.1, 0.15) is 18.1 Å². The lowest BCUT2D eigenvalue weighted by Gasteiger charge is -2.24. The predicted octanol–water partition coefficient (Wildman–Crippen LogP) is 3.14. The number of para-hydroxylation sites is 2. The van der Waals surface area contributed by atoms with Crippen LogP contribution in [0.4, 0.5) is 5.69 Å². The topological polar surface area (TPSA) is 116 Å². The van der Waals surface area contributed by atoms with E-state index in [-0.39, 0.29) is 12.3 Å². The first kappa shape index (κ1) is 18.2. The van der Waals surface area contributed by atoms with Crippen molar-refractivity contribution in [3.63, 3.8) is 0 Å². The summed E-state index contributed by atoms with van der Waals surface area (Å²) in [5, 5.41) is 14.8. The first-order valence-electron chi connectivity index (χ1n) is 8.66. The van der Waals surface area contributed by atoms with E-state index >= 15 is 0 Å². The highest BCUT2D eigenvalue weighted by Crippen LogP contribution is 2.30. The number of hydrazone groups is 1. The molecule has 29 heavy (non-hydrogen) atoms. The molecule has 1 aliphatic rings. The first-order valence-corrected chi connectivity index (χ1v) is 8.66. The third kappa shape index (κ3) is 4.08. The summed E-state index contributed by atoms with van der Waals surface area (Å²) >= 11 is 0. The SMILES string of the molecule is O=C(N/N=C/c1ccc(-c2cccc([N+](=O)[O-])c2)o1)[C@H]1COc2ccccc2O1. The number of ether oxygens (including phenoxy) is 2.